The summed E-state index contributed by atoms with van der Waals surface area (Å²) in [7, 11) is 0. The molecule has 1 aliphatic rings. The van der Waals surface area contributed by atoms with E-state index in [-0.39, 0.29) is 5.57 Å². The molecule has 0 aromatic heterocycles. The van der Waals surface area contributed by atoms with E-state index in [1.807, 2.05) is 66.7 Å². The van der Waals surface area contributed by atoms with E-state index in [4.69, 9.17) is 10.00 Å². The lowest BCUT2D eigenvalue weighted by atomic mass is 9.86. The minimum absolute atomic E-state index is 0.0395. The van der Waals surface area contributed by atoms with Gasteiger partial charge in [-0.15, -0.1) is 0 Å². The second kappa shape index (κ2) is 4.67. The largest absolute Gasteiger partial charge is 0.441 e. The fourth-order valence-corrected chi connectivity index (χ4v) is 2.39. The van der Waals surface area contributed by atoms with Crippen molar-refractivity contribution in [2.24, 2.45) is 0 Å². The highest BCUT2D eigenvalue weighted by atomic mass is 16.6. The Morgan fingerprint density at radius 1 is 0.900 bits per heavy atom. The average molecular weight is 261 g/mol. The molecule has 0 saturated heterocycles. The summed E-state index contributed by atoms with van der Waals surface area (Å²) in [4.78, 5) is 11.9. The zero-order valence-electron chi connectivity index (χ0n) is 10.6. The second-order valence-electron chi connectivity index (χ2n) is 4.53. The molecule has 0 N–H and O–H groups in total. The monoisotopic (exact) mass is 261 g/mol. The molecular formula is C17H11NO2. The molecule has 0 unspecified atom stereocenters. The fraction of sp³-hybridized carbons (Fsp3) is 0.0588. The molecule has 0 saturated carbocycles. The van der Waals surface area contributed by atoms with Crippen molar-refractivity contribution in [3.63, 3.8) is 0 Å². The van der Waals surface area contributed by atoms with Crippen molar-refractivity contribution in [3.8, 4) is 6.07 Å². The molecule has 0 amide bonds. The number of rotatable bonds is 2. The van der Waals surface area contributed by atoms with E-state index in [1.54, 1.807) is 6.08 Å². The van der Waals surface area contributed by atoms with E-state index in [0.717, 1.165) is 11.1 Å². The predicted octanol–water partition coefficient (Wildman–Crippen LogP) is 2.94. The number of carbonyl (C=O) groups is 1. The highest BCUT2D eigenvalue weighted by Gasteiger charge is 2.43. The third kappa shape index (κ3) is 1.79. The molecule has 1 heterocycles. The molecule has 0 radical (unpaired) electrons. The number of benzene rings is 2. The topological polar surface area (TPSA) is 50.1 Å². The number of hydrogen-bond donors (Lipinski definition) is 0. The van der Waals surface area contributed by atoms with Crippen LogP contribution in [0.5, 0.6) is 0 Å². The number of carbonyl (C=O) groups excluding carboxylic acids is 1. The molecule has 2 aromatic carbocycles. The molecule has 0 bridgehead atoms. The van der Waals surface area contributed by atoms with Crippen LogP contribution in [0.1, 0.15) is 11.1 Å². The Bertz CT molecular complexity index is 672. The summed E-state index contributed by atoms with van der Waals surface area (Å²) in [6, 6.07) is 20.8. The van der Waals surface area contributed by atoms with Crippen LogP contribution in [0.15, 0.2) is 72.3 Å². The molecule has 0 fully saturated rings. The standard InChI is InChI=1S/C17H11NO2/c18-12-13-11-17(20-16(13)19,14-7-3-1-4-8-14)15-9-5-2-6-10-15/h1-11H. The molecule has 0 spiro atoms. The van der Waals surface area contributed by atoms with Crippen molar-refractivity contribution < 1.29 is 9.53 Å². The maximum atomic E-state index is 11.9. The normalized spacial score (nSPS) is 16.1. The number of ether oxygens (including phenoxy) is 1. The lowest BCUT2D eigenvalue weighted by Crippen LogP contribution is -2.26. The molecule has 96 valence electrons. The van der Waals surface area contributed by atoms with E-state index in [0.29, 0.717) is 0 Å². The number of cyclic esters (lactones) is 1. The molecule has 3 nitrogen and oxygen atoms in total. The van der Waals surface area contributed by atoms with Crippen LogP contribution in [-0.4, -0.2) is 5.97 Å². The average Bonchev–Trinajstić information content (AvgIpc) is 2.87. The summed E-state index contributed by atoms with van der Waals surface area (Å²) in [6.45, 7) is 0. The van der Waals surface area contributed by atoms with Crippen LogP contribution >= 0.6 is 0 Å². The Hall–Kier alpha value is -2.86. The van der Waals surface area contributed by atoms with Gasteiger partial charge in [-0.05, 0) is 6.08 Å². The van der Waals surface area contributed by atoms with Gasteiger partial charge >= 0.3 is 5.97 Å². The van der Waals surface area contributed by atoms with Crippen LogP contribution in [0, 0.1) is 11.3 Å². The van der Waals surface area contributed by atoms with Crippen LogP contribution in [0.2, 0.25) is 0 Å². The van der Waals surface area contributed by atoms with E-state index >= 15 is 0 Å². The number of esters is 1. The van der Waals surface area contributed by atoms with Gasteiger partial charge in [0.2, 0.25) is 0 Å². The summed E-state index contributed by atoms with van der Waals surface area (Å²) >= 11 is 0. The summed E-state index contributed by atoms with van der Waals surface area (Å²) in [5.41, 5.74) is 0.678. The maximum Gasteiger partial charge on any atom is 0.350 e. The molecule has 2 aromatic rings. The number of hydrogen-bond acceptors (Lipinski definition) is 3. The van der Waals surface area contributed by atoms with Gasteiger partial charge in [-0.1, -0.05) is 60.7 Å². The Kier molecular flexibility index (Phi) is 2.85. The first-order valence-corrected chi connectivity index (χ1v) is 6.23. The number of nitrogens with zero attached hydrogens (tertiary/aromatic N) is 1. The predicted molar refractivity (Wildman–Crippen MR) is 73.5 cm³/mol. The minimum Gasteiger partial charge on any atom is -0.441 e. The highest BCUT2D eigenvalue weighted by molar-refractivity contribution is 5.96. The molecular weight excluding hydrogens is 250 g/mol. The first-order valence-electron chi connectivity index (χ1n) is 6.23. The van der Waals surface area contributed by atoms with Gasteiger partial charge in [-0.2, -0.15) is 5.26 Å². The lowest BCUT2D eigenvalue weighted by molar-refractivity contribution is -0.144. The van der Waals surface area contributed by atoms with Crippen molar-refractivity contribution in [2.75, 3.05) is 0 Å². The van der Waals surface area contributed by atoms with E-state index in [9.17, 15) is 4.79 Å². The van der Waals surface area contributed by atoms with Crippen LogP contribution < -0.4 is 0 Å². The third-order valence-corrected chi connectivity index (χ3v) is 3.35. The molecule has 3 heteroatoms. The molecule has 3 rings (SSSR count). The van der Waals surface area contributed by atoms with Crippen molar-refractivity contribution >= 4 is 5.97 Å². The van der Waals surface area contributed by atoms with Crippen LogP contribution in [0.3, 0.4) is 0 Å². The van der Waals surface area contributed by atoms with Gasteiger partial charge in [-0.3, -0.25) is 0 Å². The van der Waals surface area contributed by atoms with Gasteiger partial charge in [0, 0.05) is 11.1 Å². The molecule has 0 atom stereocenters. The van der Waals surface area contributed by atoms with Crippen molar-refractivity contribution in [1.82, 2.24) is 0 Å². The zero-order chi connectivity index (χ0) is 14.0. The van der Waals surface area contributed by atoms with Gasteiger partial charge < -0.3 is 4.74 Å². The Labute approximate surface area is 116 Å². The molecule has 1 aliphatic heterocycles. The van der Waals surface area contributed by atoms with E-state index in [2.05, 4.69) is 0 Å². The minimum atomic E-state index is -1.01. The van der Waals surface area contributed by atoms with Crippen LogP contribution in [-0.2, 0) is 15.1 Å². The van der Waals surface area contributed by atoms with Gasteiger partial charge in [0.05, 0.1) is 0 Å². The van der Waals surface area contributed by atoms with E-state index in [1.165, 1.54) is 0 Å². The molecule has 20 heavy (non-hydrogen) atoms. The summed E-state index contributed by atoms with van der Waals surface area (Å²) in [5, 5.41) is 9.04. The first-order chi connectivity index (χ1) is 9.76. The number of nitriles is 1. The van der Waals surface area contributed by atoms with Gasteiger partial charge in [0.25, 0.3) is 0 Å². The summed E-state index contributed by atoms with van der Waals surface area (Å²) < 4.78 is 5.57. The summed E-state index contributed by atoms with van der Waals surface area (Å²) in [5.74, 6) is -0.583. The highest BCUT2D eigenvalue weighted by Crippen LogP contribution is 2.40. The van der Waals surface area contributed by atoms with Crippen molar-refractivity contribution in [1.29, 1.82) is 5.26 Å². The fourth-order valence-electron chi connectivity index (χ4n) is 2.39. The van der Waals surface area contributed by atoms with E-state index < -0.39 is 11.6 Å². The van der Waals surface area contributed by atoms with Crippen LogP contribution in [0.4, 0.5) is 0 Å². The van der Waals surface area contributed by atoms with Gasteiger partial charge in [-0.25, -0.2) is 4.79 Å². The Morgan fingerprint density at radius 2 is 1.40 bits per heavy atom. The van der Waals surface area contributed by atoms with Crippen molar-refractivity contribution in [2.45, 2.75) is 5.60 Å². The zero-order valence-corrected chi connectivity index (χ0v) is 10.6. The second-order valence-corrected chi connectivity index (χ2v) is 4.53. The van der Waals surface area contributed by atoms with Crippen LogP contribution in [0.25, 0.3) is 0 Å². The SMILES string of the molecule is N#CC1=CC(c2ccccc2)(c2ccccc2)OC1=O. The molecule has 0 aliphatic carbocycles. The quantitative estimate of drug-likeness (QED) is 0.781. The first kappa shape index (κ1) is 12.2. The summed E-state index contributed by atoms with van der Waals surface area (Å²) in [6.07, 6.45) is 1.60. The van der Waals surface area contributed by atoms with Gasteiger partial charge in [0.1, 0.15) is 11.6 Å². The van der Waals surface area contributed by atoms with Gasteiger partial charge in [0.15, 0.2) is 5.60 Å². The van der Waals surface area contributed by atoms with Crippen molar-refractivity contribution in [3.05, 3.63) is 83.4 Å². The lowest BCUT2D eigenvalue weighted by Gasteiger charge is -2.27. The third-order valence-electron chi connectivity index (χ3n) is 3.35. The Morgan fingerprint density at radius 3 is 1.80 bits per heavy atom. The smallest absolute Gasteiger partial charge is 0.350 e. The Balaban J connectivity index is 2.24. The maximum absolute atomic E-state index is 11.9.